The van der Waals surface area contributed by atoms with Gasteiger partial charge in [0, 0.05) is 5.69 Å². The predicted octanol–water partition coefficient (Wildman–Crippen LogP) is 3.05. The van der Waals surface area contributed by atoms with Crippen LogP contribution in [0.5, 0.6) is 0 Å². The predicted molar refractivity (Wildman–Crippen MR) is 102 cm³/mol. The fourth-order valence-electron chi connectivity index (χ4n) is 2.86. The fourth-order valence-corrected chi connectivity index (χ4v) is 4.17. The summed E-state index contributed by atoms with van der Waals surface area (Å²) in [5.74, 6) is -1.63. The number of carbonyl (C=O) groups excluding carboxylic acids is 2. The van der Waals surface area contributed by atoms with Crippen LogP contribution in [0.1, 0.15) is 11.1 Å². The third kappa shape index (κ3) is 3.71. The van der Waals surface area contributed by atoms with Crippen molar-refractivity contribution in [3.63, 3.8) is 0 Å². The number of amides is 2. The van der Waals surface area contributed by atoms with E-state index in [0.29, 0.717) is 12.1 Å². The Bertz CT molecular complexity index is 979. The zero-order chi connectivity index (χ0) is 19.6. The van der Waals surface area contributed by atoms with Gasteiger partial charge in [0.2, 0.25) is 5.91 Å². The van der Waals surface area contributed by atoms with Gasteiger partial charge in [0.25, 0.3) is 5.91 Å². The number of halogens is 1. The number of nitrogens with zero attached hydrogens (tertiary/aromatic N) is 2. The van der Waals surface area contributed by atoms with Crippen molar-refractivity contribution in [2.75, 3.05) is 4.90 Å². The number of aryl methyl sites for hydroxylation is 1. The molecule has 5 nitrogen and oxygen atoms in total. The summed E-state index contributed by atoms with van der Waals surface area (Å²) in [4.78, 5) is 26.1. The first-order valence-corrected chi connectivity index (χ1v) is 9.05. The molecule has 2 N–H and O–H groups in total. The van der Waals surface area contributed by atoms with Gasteiger partial charge in [-0.25, -0.2) is 4.39 Å². The molecular weight excluding hydrogens is 365 g/mol. The minimum atomic E-state index is -0.906. The smallest absolute Gasteiger partial charge is 0.262 e. The molecule has 0 aromatic heterocycles. The Morgan fingerprint density at radius 2 is 1.93 bits per heavy atom. The van der Waals surface area contributed by atoms with Crippen LogP contribution in [0, 0.1) is 24.1 Å². The van der Waals surface area contributed by atoms with Gasteiger partial charge >= 0.3 is 0 Å². The van der Waals surface area contributed by atoms with Gasteiger partial charge < -0.3 is 5.73 Å². The monoisotopic (exact) mass is 381 g/mol. The van der Waals surface area contributed by atoms with Crippen LogP contribution < -0.4 is 10.6 Å². The van der Waals surface area contributed by atoms with Crippen LogP contribution in [0.4, 0.5) is 10.1 Å². The third-order valence-electron chi connectivity index (χ3n) is 4.28. The molecule has 1 saturated heterocycles. The van der Waals surface area contributed by atoms with Gasteiger partial charge in [0.15, 0.2) is 0 Å². The molecule has 2 amide bonds. The van der Waals surface area contributed by atoms with Crippen LogP contribution in [0.2, 0.25) is 0 Å². The maximum absolute atomic E-state index is 13.3. The topological polar surface area (TPSA) is 87.2 Å². The molecule has 2 aromatic carbocycles. The summed E-state index contributed by atoms with van der Waals surface area (Å²) in [6.07, 6.45) is 0.439. The Kier molecular flexibility index (Phi) is 5.28. The average molecular weight is 381 g/mol. The molecule has 0 spiro atoms. The number of anilines is 1. The first-order valence-electron chi connectivity index (χ1n) is 8.17. The lowest BCUT2D eigenvalue weighted by atomic mass is 10.0. The quantitative estimate of drug-likeness (QED) is 0.651. The highest BCUT2D eigenvalue weighted by molar-refractivity contribution is 8.05. The molecule has 0 radical (unpaired) electrons. The molecule has 1 fully saturated rings. The summed E-state index contributed by atoms with van der Waals surface area (Å²) in [5.41, 5.74) is 7.47. The van der Waals surface area contributed by atoms with E-state index in [4.69, 9.17) is 5.73 Å². The van der Waals surface area contributed by atoms with E-state index in [2.05, 4.69) is 0 Å². The SMILES string of the molecule is Cc1ccccc1C[C@@H]1S/C(=C(\C#N)C(N)=O)N(c2ccc(F)cc2)C1=O. The van der Waals surface area contributed by atoms with E-state index in [1.54, 1.807) is 6.07 Å². The lowest BCUT2D eigenvalue weighted by Gasteiger charge is -2.18. The van der Waals surface area contributed by atoms with Crippen LogP contribution in [0.3, 0.4) is 0 Å². The molecule has 1 heterocycles. The van der Waals surface area contributed by atoms with Crippen LogP contribution in [0.15, 0.2) is 59.1 Å². The number of thioether (sulfide) groups is 1. The summed E-state index contributed by atoms with van der Waals surface area (Å²) >= 11 is 1.13. The second-order valence-corrected chi connectivity index (χ2v) is 7.23. The number of hydrogen-bond donors (Lipinski definition) is 1. The van der Waals surface area contributed by atoms with Crippen LogP contribution in [-0.4, -0.2) is 17.1 Å². The number of nitriles is 1. The van der Waals surface area contributed by atoms with Crippen molar-refractivity contribution in [3.05, 3.63) is 76.1 Å². The van der Waals surface area contributed by atoms with Crippen LogP contribution in [0.25, 0.3) is 0 Å². The average Bonchev–Trinajstić information content (AvgIpc) is 2.94. The van der Waals surface area contributed by atoms with Crippen molar-refractivity contribution < 1.29 is 14.0 Å². The molecule has 2 aromatic rings. The van der Waals surface area contributed by atoms with Gasteiger partial charge in [-0.3, -0.25) is 14.5 Å². The van der Waals surface area contributed by atoms with Crippen molar-refractivity contribution in [2.45, 2.75) is 18.6 Å². The van der Waals surface area contributed by atoms with E-state index in [1.807, 2.05) is 31.2 Å². The van der Waals surface area contributed by atoms with Gasteiger partial charge in [0.1, 0.15) is 22.5 Å². The molecule has 7 heteroatoms. The molecule has 0 saturated carbocycles. The second-order valence-electron chi connectivity index (χ2n) is 6.04. The molecule has 3 rings (SSSR count). The van der Waals surface area contributed by atoms with E-state index in [-0.39, 0.29) is 16.5 Å². The van der Waals surface area contributed by atoms with Crippen LogP contribution >= 0.6 is 11.8 Å². The lowest BCUT2D eigenvalue weighted by Crippen LogP contribution is -2.31. The van der Waals surface area contributed by atoms with E-state index < -0.39 is 17.0 Å². The summed E-state index contributed by atoms with van der Waals surface area (Å²) in [7, 11) is 0. The van der Waals surface area contributed by atoms with Crippen molar-refractivity contribution in [2.24, 2.45) is 5.73 Å². The Morgan fingerprint density at radius 1 is 1.26 bits per heavy atom. The summed E-state index contributed by atoms with van der Waals surface area (Å²) < 4.78 is 13.3. The minimum Gasteiger partial charge on any atom is -0.365 e. The van der Waals surface area contributed by atoms with Gasteiger partial charge in [-0.15, -0.1) is 0 Å². The number of rotatable bonds is 4. The van der Waals surface area contributed by atoms with E-state index >= 15 is 0 Å². The summed E-state index contributed by atoms with van der Waals surface area (Å²) in [6.45, 7) is 1.96. The van der Waals surface area contributed by atoms with Gasteiger partial charge in [0.05, 0.1) is 5.25 Å². The molecule has 0 unspecified atom stereocenters. The maximum Gasteiger partial charge on any atom is 0.262 e. The molecule has 1 atom stereocenters. The normalized spacial score (nSPS) is 18.3. The summed E-state index contributed by atoms with van der Waals surface area (Å²) in [5, 5.41) is 9.01. The maximum atomic E-state index is 13.3. The third-order valence-corrected chi connectivity index (χ3v) is 5.54. The Balaban J connectivity index is 2.05. The molecule has 1 aliphatic heterocycles. The van der Waals surface area contributed by atoms with Gasteiger partial charge in [-0.2, -0.15) is 5.26 Å². The molecule has 136 valence electrons. The number of primary amides is 1. The number of nitrogens with two attached hydrogens (primary N) is 1. The summed E-state index contributed by atoms with van der Waals surface area (Å²) in [6, 6.07) is 14.8. The molecule has 27 heavy (non-hydrogen) atoms. The molecule has 0 aliphatic carbocycles. The zero-order valence-corrected chi connectivity index (χ0v) is 15.3. The minimum absolute atomic E-state index is 0.181. The van der Waals surface area contributed by atoms with E-state index in [1.165, 1.54) is 29.2 Å². The highest BCUT2D eigenvalue weighted by atomic mass is 32.2. The van der Waals surface area contributed by atoms with E-state index in [9.17, 15) is 19.2 Å². The standard InChI is InChI=1S/C20H16FN3O2S/c1-12-4-2-3-5-13(12)10-17-19(26)24(15-8-6-14(21)7-9-15)20(27-17)16(11-22)18(23)25/h2-9,17H,10H2,1H3,(H2,23,25)/b20-16+/t17-/m0/s1. The number of hydrogen-bond acceptors (Lipinski definition) is 4. The first-order chi connectivity index (χ1) is 12.9. The Labute approximate surface area is 160 Å². The Morgan fingerprint density at radius 3 is 2.52 bits per heavy atom. The van der Waals surface area contributed by atoms with Gasteiger partial charge in [-0.05, 0) is 48.7 Å². The Hall–Kier alpha value is -3.11. The highest BCUT2D eigenvalue weighted by Gasteiger charge is 2.40. The zero-order valence-electron chi connectivity index (χ0n) is 14.5. The fraction of sp³-hybridized carbons (Fsp3) is 0.150. The van der Waals surface area contributed by atoms with Crippen LogP contribution in [-0.2, 0) is 16.0 Å². The number of benzene rings is 2. The van der Waals surface area contributed by atoms with E-state index in [0.717, 1.165) is 22.9 Å². The molecule has 0 bridgehead atoms. The largest absolute Gasteiger partial charge is 0.365 e. The highest BCUT2D eigenvalue weighted by Crippen LogP contribution is 2.42. The molecular formula is C20H16FN3O2S. The van der Waals surface area contributed by atoms with Crippen molar-refractivity contribution in [1.82, 2.24) is 0 Å². The van der Waals surface area contributed by atoms with Gasteiger partial charge in [-0.1, -0.05) is 36.0 Å². The second kappa shape index (κ2) is 7.64. The lowest BCUT2D eigenvalue weighted by molar-refractivity contribution is -0.117. The van der Waals surface area contributed by atoms with Crippen molar-refractivity contribution in [1.29, 1.82) is 5.26 Å². The van der Waals surface area contributed by atoms with Crippen molar-refractivity contribution >= 4 is 29.3 Å². The molecule has 1 aliphatic rings. The number of carbonyl (C=O) groups is 2. The first kappa shape index (κ1) is 18.7. The van der Waals surface area contributed by atoms with Crippen molar-refractivity contribution in [3.8, 4) is 6.07 Å².